The van der Waals surface area contributed by atoms with Crippen molar-refractivity contribution in [3.8, 4) is 0 Å². The van der Waals surface area contributed by atoms with Gasteiger partial charge in [0.15, 0.2) is 0 Å². The minimum Gasteiger partial charge on any atom is -0.376 e. The zero-order chi connectivity index (χ0) is 13.4. The highest BCUT2D eigenvalue weighted by atomic mass is 16.5. The number of rotatable bonds is 3. The molecule has 0 aromatic carbocycles. The number of carbonyl (C=O) groups excluding carboxylic acids is 2. The second kappa shape index (κ2) is 5.12. The van der Waals surface area contributed by atoms with Gasteiger partial charge in [-0.25, -0.2) is 0 Å². The van der Waals surface area contributed by atoms with E-state index in [0.717, 1.165) is 38.7 Å². The molecule has 1 N–H and O–H groups in total. The number of ether oxygens (including phenoxy) is 1. The lowest BCUT2D eigenvalue weighted by atomic mass is 10.0. The highest BCUT2D eigenvalue weighted by molar-refractivity contribution is 5.97. The van der Waals surface area contributed by atoms with Gasteiger partial charge in [0.25, 0.3) is 0 Å². The van der Waals surface area contributed by atoms with Crippen LogP contribution in [0.15, 0.2) is 0 Å². The number of carbonyl (C=O) groups is 2. The molecule has 3 atom stereocenters. The van der Waals surface area contributed by atoms with E-state index in [0.29, 0.717) is 12.5 Å². The van der Waals surface area contributed by atoms with Crippen LogP contribution in [0.3, 0.4) is 0 Å². The molecule has 0 spiro atoms. The van der Waals surface area contributed by atoms with Crippen molar-refractivity contribution in [3.63, 3.8) is 0 Å². The average Bonchev–Trinajstić information content (AvgIpc) is 3.21. The third-order valence-electron chi connectivity index (χ3n) is 4.36. The molecule has 0 bridgehead atoms. The number of amides is 2. The molecule has 106 valence electrons. The van der Waals surface area contributed by atoms with Crippen LogP contribution in [0.1, 0.15) is 39.0 Å². The van der Waals surface area contributed by atoms with E-state index in [4.69, 9.17) is 4.74 Å². The van der Waals surface area contributed by atoms with E-state index >= 15 is 0 Å². The Balaban J connectivity index is 1.73. The molecule has 2 amide bonds. The van der Waals surface area contributed by atoms with Crippen LogP contribution >= 0.6 is 0 Å². The van der Waals surface area contributed by atoms with Crippen LogP contribution in [0.4, 0.5) is 0 Å². The molecular formula is C14H22N2O3. The van der Waals surface area contributed by atoms with Crippen molar-refractivity contribution >= 4 is 11.8 Å². The van der Waals surface area contributed by atoms with Gasteiger partial charge in [0.1, 0.15) is 12.1 Å². The van der Waals surface area contributed by atoms with Crippen molar-refractivity contribution in [1.29, 1.82) is 0 Å². The summed E-state index contributed by atoms with van der Waals surface area (Å²) in [7, 11) is 0. The lowest BCUT2D eigenvalue weighted by Gasteiger charge is -2.40. The number of nitrogens with one attached hydrogen (secondary N) is 1. The summed E-state index contributed by atoms with van der Waals surface area (Å²) in [5.74, 6) is 0.427. The van der Waals surface area contributed by atoms with Crippen molar-refractivity contribution in [1.82, 2.24) is 10.2 Å². The molecular weight excluding hydrogens is 244 g/mol. The molecule has 0 aromatic heterocycles. The van der Waals surface area contributed by atoms with Gasteiger partial charge in [0.05, 0.1) is 6.10 Å². The van der Waals surface area contributed by atoms with Crippen LogP contribution in [0, 0.1) is 5.92 Å². The van der Waals surface area contributed by atoms with Crippen LogP contribution in [0.25, 0.3) is 0 Å². The van der Waals surface area contributed by atoms with Gasteiger partial charge >= 0.3 is 0 Å². The first-order valence-electron chi connectivity index (χ1n) is 7.39. The lowest BCUT2D eigenvalue weighted by molar-refractivity contribution is -0.152. The van der Waals surface area contributed by atoms with E-state index < -0.39 is 6.04 Å². The Morgan fingerprint density at radius 2 is 2.05 bits per heavy atom. The molecule has 3 rings (SSSR count). The normalized spacial score (nSPS) is 36.3. The van der Waals surface area contributed by atoms with Crippen molar-refractivity contribution in [2.45, 2.75) is 57.2 Å². The number of hydrogen-bond acceptors (Lipinski definition) is 3. The van der Waals surface area contributed by atoms with Gasteiger partial charge in [-0.3, -0.25) is 9.59 Å². The smallest absolute Gasteiger partial charge is 0.245 e. The van der Waals surface area contributed by atoms with E-state index in [9.17, 15) is 9.59 Å². The predicted molar refractivity (Wildman–Crippen MR) is 69.4 cm³/mol. The minimum absolute atomic E-state index is 0.0189. The van der Waals surface area contributed by atoms with Crippen LogP contribution in [0.5, 0.6) is 0 Å². The third-order valence-corrected chi connectivity index (χ3v) is 4.36. The summed E-state index contributed by atoms with van der Waals surface area (Å²) in [6.07, 6.45) is 5.48. The summed E-state index contributed by atoms with van der Waals surface area (Å²) in [5.41, 5.74) is 0. The molecule has 5 heteroatoms. The summed E-state index contributed by atoms with van der Waals surface area (Å²) in [6.45, 7) is 3.12. The van der Waals surface area contributed by atoms with Crippen molar-refractivity contribution in [2.24, 2.45) is 5.92 Å². The van der Waals surface area contributed by atoms with E-state index in [1.807, 2.05) is 0 Å². The Bertz CT molecular complexity index is 375. The maximum absolute atomic E-state index is 12.3. The van der Waals surface area contributed by atoms with Gasteiger partial charge < -0.3 is 15.0 Å². The molecule has 2 heterocycles. The van der Waals surface area contributed by atoms with Crippen LogP contribution in [-0.2, 0) is 14.3 Å². The first-order valence-corrected chi connectivity index (χ1v) is 7.39. The summed E-state index contributed by atoms with van der Waals surface area (Å²) >= 11 is 0. The fraction of sp³-hybridized carbons (Fsp3) is 0.857. The summed E-state index contributed by atoms with van der Waals surface area (Å²) in [5, 5.41) is 2.80. The average molecular weight is 266 g/mol. The molecule has 2 aliphatic heterocycles. The molecule has 1 saturated carbocycles. The van der Waals surface area contributed by atoms with Gasteiger partial charge in [0, 0.05) is 13.2 Å². The zero-order valence-corrected chi connectivity index (χ0v) is 11.4. The molecule has 3 fully saturated rings. The predicted octanol–water partition coefficient (Wildman–Crippen LogP) is 0.681. The van der Waals surface area contributed by atoms with E-state index in [1.165, 1.54) is 0 Å². The zero-order valence-electron chi connectivity index (χ0n) is 11.4. The fourth-order valence-electron chi connectivity index (χ4n) is 3.14. The molecule has 0 radical (unpaired) electrons. The van der Waals surface area contributed by atoms with Gasteiger partial charge in [-0.2, -0.15) is 0 Å². The number of hydrogen-bond donors (Lipinski definition) is 1. The maximum Gasteiger partial charge on any atom is 0.245 e. The Labute approximate surface area is 113 Å². The highest BCUT2D eigenvalue weighted by Crippen LogP contribution is 2.37. The Kier molecular flexibility index (Phi) is 3.48. The molecule has 19 heavy (non-hydrogen) atoms. The van der Waals surface area contributed by atoms with Gasteiger partial charge in [-0.1, -0.05) is 0 Å². The summed E-state index contributed by atoms with van der Waals surface area (Å²) in [4.78, 5) is 26.3. The van der Waals surface area contributed by atoms with Crippen molar-refractivity contribution < 1.29 is 14.3 Å². The molecule has 3 unspecified atom stereocenters. The van der Waals surface area contributed by atoms with Crippen LogP contribution in [-0.4, -0.2) is 48.1 Å². The number of piperazine rings is 1. The standard InChI is InChI=1S/C14H22N2O3/c1-9-14(18)16(8-11-4-2-3-7-19-11)12(10-5-6-10)13(17)15-9/h9-12H,2-8H2,1H3,(H,15,17). The monoisotopic (exact) mass is 266 g/mol. The van der Waals surface area contributed by atoms with E-state index in [2.05, 4.69) is 5.32 Å². The summed E-state index contributed by atoms with van der Waals surface area (Å²) < 4.78 is 5.72. The second-order valence-electron chi connectivity index (χ2n) is 5.99. The third kappa shape index (κ3) is 2.61. The molecule has 2 saturated heterocycles. The minimum atomic E-state index is -0.397. The van der Waals surface area contributed by atoms with Gasteiger partial charge in [-0.05, 0) is 44.9 Å². The Hall–Kier alpha value is -1.10. The van der Waals surface area contributed by atoms with Crippen LogP contribution < -0.4 is 5.32 Å². The summed E-state index contributed by atoms with van der Waals surface area (Å²) in [6, 6.07) is -0.652. The molecule has 0 aromatic rings. The maximum atomic E-state index is 12.3. The van der Waals surface area contributed by atoms with E-state index in [-0.39, 0.29) is 24.0 Å². The lowest BCUT2D eigenvalue weighted by Crippen LogP contribution is -2.64. The molecule has 3 aliphatic rings. The molecule has 1 aliphatic carbocycles. The van der Waals surface area contributed by atoms with Gasteiger partial charge in [0.2, 0.25) is 11.8 Å². The van der Waals surface area contributed by atoms with Crippen molar-refractivity contribution in [3.05, 3.63) is 0 Å². The fourth-order valence-corrected chi connectivity index (χ4v) is 3.14. The first-order chi connectivity index (χ1) is 9.16. The Morgan fingerprint density at radius 3 is 2.68 bits per heavy atom. The van der Waals surface area contributed by atoms with Crippen molar-refractivity contribution in [2.75, 3.05) is 13.2 Å². The molecule has 5 nitrogen and oxygen atoms in total. The highest BCUT2D eigenvalue weighted by Gasteiger charge is 2.47. The van der Waals surface area contributed by atoms with E-state index in [1.54, 1.807) is 11.8 Å². The topological polar surface area (TPSA) is 58.6 Å². The second-order valence-corrected chi connectivity index (χ2v) is 5.99. The van der Waals surface area contributed by atoms with Crippen LogP contribution in [0.2, 0.25) is 0 Å². The Morgan fingerprint density at radius 1 is 1.26 bits per heavy atom. The number of nitrogens with zero attached hydrogens (tertiary/aromatic N) is 1. The SMILES string of the molecule is CC1NC(=O)C(C2CC2)N(CC2CCCCO2)C1=O. The van der Waals surface area contributed by atoms with Gasteiger partial charge in [-0.15, -0.1) is 0 Å². The largest absolute Gasteiger partial charge is 0.376 e. The quantitative estimate of drug-likeness (QED) is 0.817. The first kappa shape index (κ1) is 12.9.